The standard InChI is InChI=1S/C19H15FN2O4/c1-2-26-19(25)11-5-3-6-12(9-11)22-18(24)14-10-21-16-13(17(14)23)7-4-8-15(16)20/h3-10H,2H2,1H3,(H,21,23)(H,22,24). The van der Waals surface area contributed by atoms with E-state index >= 15 is 0 Å². The SMILES string of the molecule is CCOC(=O)c1cccc(NC(=O)c2c[nH]c3c(F)cccc3c2=O)c1. The number of amides is 1. The van der Waals surface area contributed by atoms with E-state index in [1.165, 1.54) is 24.3 Å². The van der Waals surface area contributed by atoms with Gasteiger partial charge in [-0.1, -0.05) is 12.1 Å². The summed E-state index contributed by atoms with van der Waals surface area (Å²) >= 11 is 0. The summed E-state index contributed by atoms with van der Waals surface area (Å²) in [5.41, 5.74) is -0.0984. The van der Waals surface area contributed by atoms with Gasteiger partial charge in [0.05, 0.1) is 17.7 Å². The maximum absolute atomic E-state index is 13.7. The summed E-state index contributed by atoms with van der Waals surface area (Å²) < 4.78 is 18.6. The number of H-pyrrole nitrogens is 1. The Bertz CT molecular complexity index is 1060. The van der Waals surface area contributed by atoms with Crippen molar-refractivity contribution in [1.82, 2.24) is 4.98 Å². The number of carbonyl (C=O) groups excluding carboxylic acids is 2. The van der Waals surface area contributed by atoms with Crippen LogP contribution in [0.2, 0.25) is 0 Å². The minimum absolute atomic E-state index is 0.0401. The molecule has 0 radical (unpaired) electrons. The van der Waals surface area contributed by atoms with E-state index in [9.17, 15) is 18.8 Å². The number of aromatic nitrogens is 1. The quantitative estimate of drug-likeness (QED) is 0.705. The number of ether oxygens (including phenoxy) is 1. The Kier molecular flexibility index (Phi) is 4.79. The fraction of sp³-hybridized carbons (Fsp3) is 0.105. The molecule has 0 aliphatic carbocycles. The van der Waals surface area contributed by atoms with E-state index in [-0.39, 0.29) is 28.6 Å². The molecule has 0 saturated carbocycles. The van der Waals surface area contributed by atoms with Crippen molar-refractivity contribution in [3.8, 4) is 0 Å². The summed E-state index contributed by atoms with van der Waals surface area (Å²) in [4.78, 5) is 39.3. The molecule has 6 nitrogen and oxygen atoms in total. The molecule has 26 heavy (non-hydrogen) atoms. The fourth-order valence-corrected chi connectivity index (χ4v) is 2.52. The number of anilines is 1. The van der Waals surface area contributed by atoms with E-state index in [0.717, 1.165) is 6.20 Å². The number of carbonyl (C=O) groups is 2. The predicted octanol–water partition coefficient (Wildman–Crippen LogP) is 3.10. The molecule has 3 rings (SSSR count). The molecule has 0 bridgehead atoms. The normalized spacial score (nSPS) is 10.5. The van der Waals surface area contributed by atoms with Crippen LogP contribution in [0.4, 0.5) is 10.1 Å². The molecule has 0 saturated heterocycles. The van der Waals surface area contributed by atoms with Crippen LogP contribution in [0.15, 0.2) is 53.5 Å². The van der Waals surface area contributed by atoms with Crippen LogP contribution in [0, 0.1) is 5.82 Å². The van der Waals surface area contributed by atoms with Crippen molar-refractivity contribution < 1.29 is 18.7 Å². The molecule has 0 unspecified atom stereocenters. The van der Waals surface area contributed by atoms with E-state index in [0.29, 0.717) is 5.69 Å². The number of halogens is 1. The predicted molar refractivity (Wildman–Crippen MR) is 94.9 cm³/mol. The minimum Gasteiger partial charge on any atom is -0.462 e. The van der Waals surface area contributed by atoms with Crippen molar-refractivity contribution in [1.29, 1.82) is 0 Å². The van der Waals surface area contributed by atoms with Gasteiger partial charge in [-0.15, -0.1) is 0 Å². The third kappa shape index (κ3) is 3.32. The van der Waals surface area contributed by atoms with Crippen LogP contribution in [-0.2, 0) is 4.74 Å². The van der Waals surface area contributed by atoms with Gasteiger partial charge in [-0.25, -0.2) is 9.18 Å². The highest BCUT2D eigenvalue weighted by atomic mass is 19.1. The number of hydrogen-bond donors (Lipinski definition) is 2. The summed E-state index contributed by atoms with van der Waals surface area (Å²) in [5, 5.41) is 2.64. The Balaban J connectivity index is 1.90. The Morgan fingerprint density at radius 3 is 2.73 bits per heavy atom. The second-order valence-electron chi connectivity index (χ2n) is 5.45. The number of hydrogen-bond acceptors (Lipinski definition) is 4. The van der Waals surface area contributed by atoms with Crippen molar-refractivity contribution in [2.45, 2.75) is 6.92 Å². The molecule has 7 heteroatoms. The van der Waals surface area contributed by atoms with Crippen molar-refractivity contribution >= 4 is 28.5 Å². The Hall–Kier alpha value is -3.48. The number of esters is 1. The van der Waals surface area contributed by atoms with Gasteiger partial charge in [0.15, 0.2) is 0 Å². The number of aromatic amines is 1. The van der Waals surface area contributed by atoms with Crippen molar-refractivity contribution in [2.75, 3.05) is 11.9 Å². The zero-order chi connectivity index (χ0) is 18.7. The van der Waals surface area contributed by atoms with Crippen LogP contribution in [-0.4, -0.2) is 23.5 Å². The molecule has 2 N–H and O–H groups in total. The largest absolute Gasteiger partial charge is 0.462 e. The number of benzene rings is 2. The lowest BCUT2D eigenvalue weighted by Gasteiger charge is -2.08. The first kappa shape index (κ1) is 17.3. The molecule has 0 fully saturated rings. The summed E-state index contributed by atoms with van der Waals surface area (Å²) in [6, 6.07) is 10.2. The summed E-state index contributed by atoms with van der Waals surface area (Å²) in [6.45, 7) is 1.93. The summed E-state index contributed by atoms with van der Waals surface area (Å²) in [5.74, 6) is -1.75. The maximum atomic E-state index is 13.7. The van der Waals surface area contributed by atoms with E-state index in [4.69, 9.17) is 4.74 Å². The monoisotopic (exact) mass is 354 g/mol. The van der Waals surface area contributed by atoms with E-state index < -0.39 is 23.1 Å². The molecule has 0 aliphatic heterocycles. The first-order valence-electron chi connectivity index (χ1n) is 7.89. The number of fused-ring (bicyclic) bond motifs is 1. The van der Waals surface area contributed by atoms with E-state index in [2.05, 4.69) is 10.3 Å². The van der Waals surface area contributed by atoms with Gasteiger partial charge in [-0.3, -0.25) is 9.59 Å². The van der Waals surface area contributed by atoms with Gasteiger partial charge in [-0.2, -0.15) is 0 Å². The Labute approximate surface area is 147 Å². The highest BCUT2D eigenvalue weighted by molar-refractivity contribution is 6.06. The second-order valence-corrected chi connectivity index (χ2v) is 5.45. The van der Waals surface area contributed by atoms with Gasteiger partial charge in [0.1, 0.15) is 11.4 Å². The first-order chi connectivity index (χ1) is 12.5. The third-order valence-electron chi connectivity index (χ3n) is 3.74. The summed E-state index contributed by atoms with van der Waals surface area (Å²) in [7, 11) is 0. The molecule has 3 aromatic rings. The Morgan fingerprint density at radius 2 is 1.96 bits per heavy atom. The number of pyridine rings is 1. The zero-order valence-electron chi connectivity index (χ0n) is 13.8. The minimum atomic E-state index is -0.668. The molecule has 0 spiro atoms. The van der Waals surface area contributed by atoms with Crippen molar-refractivity contribution in [3.05, 3.63) is 75.8 Å². The van der Waals surface area contributed by atoms with Crippen LogP contribution in [0.25, 0.3) is 10.9 Å². The highest BCUT2D eigenvalue weighted by Gasteiger charge is 2.15. The number of nitrogens with one attached hydrogen (secondary N) is 2. The highest BCUT2D eigenvalue weighted by Crippen LogP contribution is 2.15. The fourth-order valence-electron chi connectivity index (χ4n) is 2.52. The first-order valence-corrected chi connectivity index (χ1v) is 7.89. The summed E-state index contributed by atoms with van der Waals surface area (Å²) in [6.07, 6.45) is 1.16. The molecule has 0 aliphatic rings. The van der Waals surface area contributed by atoms with Crippen LogP contribution in [0.3, 0.4) is 0 Å². The number of rotatable bonds is 4. The zero-order valence-corrected chi connectivity index (χ0v) is 13.8. The molecule has 1 aromatic heterocycles. The molecular formula is C19H15FN2O4. The van der Waals surface area contributed by atoms with Gasteiger partial charge < -0.3 is 15.0 Å². The molecule has 2 aromatic carbocycles. The molecule has 1 amide bonds. The van der Waals surface area contributed by atoms with Gasteiger partial charge in [0, 0.05) is 17.3 Å². The number of para-hydroxylation sites is 1. The topological polar surface area (TPSA) is 88.3 Å². The maximum Gasteiger partial charge on any atom is 0.338 e. The Morgan fingerprint density at radius 1 is 1.19 bits per heavy atom. The average Bonchev–Trinajstić information content (AvgIpc) is 2.63. The van der Waals surface area contributed by atoms with Crippen LogP contribution in [0.1, 0.15) is 27.6 Å². The van der Waals surface area contributed by atoms with Crippen molar-refractivity contribution in [2.24, 2.45) is 0 Å². The molecule has 0 atom stereocenters. The van der Waals surface area contributed by atoms with Gasteiger partial charge in [0.25, 0.3) is 5.91 Å². The van der Waals surface area contributed by atoms with Gasteiger partial charge in [0.2, 0.25) is 5.43 Å². The van der Waals surface area contributed by atoms with Crippen molar-refractivity contribution in [3.63, 3.8) is 0 Å². The lowest BCUT2D eigenvalue weighted by molar-refractivity contribution is 0.0526. The lowest BCUT2D eigenvalue weighted by atomic mass is 10.1. The molecular weight excluding hydrogens is 339 g/mol. The third-order valence-corrected chi connectivity index (χ3v) is 3.74. The smallest absolute Gasteiger partial charge is 0.338 e. The van der Waals surface area contributed by atoms with Gasteiger partial charge >= 0.3 is 5.97 Å². The van der Waals surface area contributed by atoms with Crippen LogP contribution in [0.5, 0.6) is 0 Å². The van der Waals surface area contributed by atoms with Crippen LogP contribution >= 0.6 is 0 Å². The average molecular weight is 354 g/mol. The van der Waals surface area contributed by atoms with E-state index in [1.54, 1.807) is 25.1 Å². The lowest BCUT2D eigenvalue weighted by Crippen LogP contribution is -2.22. The van der Waals surface area contributed by atoms with Crippen LogP contribution < -0.4 is 10.7 Å². The van der Waals surface area contributed by atoms with Gasteiger partial charge in [-0.05, 0) is 37.3 Å². The second kappa shape index (κ2) is 7.18. The molecule has 132 valence electrons. The van der Waals surface area contributed by atoms with E-state index in [1.807, 2.05) is 0 Å². The molecule has 1 heterocycles.